The van der Waals surface area contributed by atoms with Crippen molar-refractivity contribution in [1.29, 1.82) is 0 Å². The molecule has 7 heteroatoms. The molecule has 0 radical (unpaired) electrons. The average Bonchev–Trinajstić information content (AvgIpc) is 3.42. The minimum absolute atomic E-state index is 0.00355. The van der Waals surface area contributed by atoms with E-state index in [1.165, 1.54) is 0 Å². The molecule has 0 saturated carbocycles. The smallest absolute Gasteiger partial charge is 0.304 e. The van der Waals surface area contributed by atoms with Crippen molar-refractivity contribution < 1.29 is 19.4 Å². The quantitative estimate of drug-likeness (QED) is 0.464. The lowest BCUT2D eigenvalue weighted by atomic mass is 9.97. The molecule has 0 unspecified atom stereocenters. The number of para-hydroxylation sites is 1. The Morgan fingerprint density at radius 3 is 2.79 bits per heavy atom. The van der Waals surface area contributed by atoms with E-state index < -0.39 is 5.97 Å². The Bertz CT molecular complexity index is 1190. The maximum atomic E-state index is 11.1. The van der Waals surface area contributed by atoms with Gasteiger partial charge in [-0.1, -0.05) is 25.1 Å². The fraction of sp³-hybridized carbons (Fsp3) is 0.333. The van der Waals surface area contributed by atoms with Gasteiger partial charge in [0, 0.05) is 41.0 Å². The van der Waals surface area contributed by atoms with Crippen LogP contribution in [0.4, 0.5) is 17.1 Å². The number of aliphatic carboxylic acids is 1. The highest BCUT2D eigenvalue weighted by Gasteiger charge is 2.30. The van der Waals surface area contributed by atoms with E-state index in [2.05, 4.69) is 46.4 Å². The number of fused-ring (bicyclic) bond motifs is 2. The lowest BCUT2D eigenvalue weighted by Crippen LogP contribution is -2.18. The highest BCUT2D eigenvalue weighted by atomic mass is 16.5. The zero-order valence-electron chi connectivity index (χ0n) is 19.5. The van der Waals surface area contributed by atoms with Gasteiger partial charge in [0.1, 0.15) is 18.1 Å². The second kappa shape index (κ2) is 9.25. The molecule has 2 aliphatic heterocycles. The summed E-state index contributed by atoms with van der Waals surface area (Å²) >= 11 is 0. The zero-order chi connectivity index (χ0) is 23.7. The number of rotatable bonds is 8. The molecule has 0 spiro atoms. The molecule has 0 bridgehead atoms. The van der Waals surface area contributed by atoms with Gasteiger partial charge >= 0.3 is 5.97 Å². The summed E-state index contributed by atoms with van der Waals surface area (Å²) in [6.07, 6.45) is 2.99. The van der Waals surface area contributed by atoms with Gasteiger partial charge in [-0.3, -0.25) is 9.78 Å². The van der Waals surface area contributed by atoms with E-state index in [1.54, 1.807) is 0 Å². The normalized spacial score (nSPS) is 17.9. The van der Waals surface area contributed by atoms with Crippen molar-refractivity contribution >= 4 is 23.0 Å². The first-order valence-electron chi connectivity index (χ1n) is 11.7. The van der Waals surface area contributed by atoms with E-state index in [4.69, 9.17) is 14.6 Å². The van der Waals surface area contributed by atoms with E-state index in [0.717, 1.165) is 58.3 Å². The van der Waals surface area contributed by atoms with E-state index in [9.17, 15) is 4.79 Å². The molecule has 3 heterocycles. The number of carboxylic acid groups (broad SMARTS) is 1. The number of anilines is 3. The van der Waals surface area contributed by atoms with E-state index in [-0.39, 0.29) is 18.4 Å². The largest absolute Gasteiger partial charge is 0.493 e. The van der Waals surface area contributed by atoms with Crippen LogP contribution in [-0.4, -0.2) is 35.8 Å². The Balaban J connectivity index is 1.39. The number of aryl methyl sites for hydroxylation is 1. The summed E-state index contributed by atoms with van der Waals surface area (Å²) in [5.74, 6) is 0.747. The highest BCUT2D eigenvalue weighted by Crippen LogP contribution is 2.44. The summed E-state index contributed by atoms with van der Waals surface area (Å²) < 4.78 is 12.0. The van der Waals surface area contributed by atoms with Crippen LogP contribution >= 0.6 is 0 Å². The van der Waals surface area contributed by atoms with Crippen molar-refractivity contribution in [2.24, 2.45) is 0 Å². The van der Waals surface area contributed by atoms with Crippen LogP contribution in [0.25, 0.3) is 0 Å². The van der Waals surface area contributed by atoms with Crippen LogP contribution in [0.2, 0.25) is 0 Å². The summed E-state index contributed by atoms with van der Waals surface area (Å²) in [5, 5.41) is 12.7. The third-order valence-electron chi connectivity index (χ3n) is 6.40. The Morgan fingerprint density at radius 1 is 1.15 bits per heavy atom. The Morgan fingerprint density at radius 2 is 2.03 bits per heavy atom. The maximum absolute atomic E-state index is 11.1. The van der Waals surface area contributed by atoms with Crippen LogP contribution in [-0.2, 0) is 4.79 Å². The molecule has 0 aliphatic carbocycles. The van der Waals surface area contributed by atoms with Crippen molar-refractivity contribution in [3.8, 4) is 11.5 Å². The van der Waals surface area contributed by atoms with Crippen molar-refractivity contribution in [2.75, 3.05) is 30.0 Å². The SMILES string of the molecule is CCCN(c1ccc(C)nc1)c1cccc2c1OC[C@H]2Nc1ccc2c(c1)OC[C@H]2CC(=O)O. The lowest BCUT2D eigenvalue weighted by Gasteiger charge is -2.26. The third kappa shape index (κ3) is 4.25. The minimum atomic E-state index is -0.808. The van der Waals surface area contributed by atoms with Crippen LogP contribution in [0, 0.1) is 6.92 Å². The lowest BCUT2D eigenvalue weighted by molar-refractivity contribution is -0.137. The number of hydrogen-bond acceptors (Lipinski definition) is 6. The molecule has 2 atom stereocenters. The third-order valence-corrected chi connectivity index (χ3v) is 6.40. The maximum Gasteiger partial charge on any atom is 0.304 e. The summed E-state index contributed by atoms with van der Waals surface area (Å²) in [6, 6.07) is 16.3. The Kier molecular flexibility index (Phi) is 6.01. The van der Waals surface area contributed by atoms with Gasteiger partial charge in [0.15, 0.2) is 0 Å². The van der Waals surface area contributed by atoms with Crippen LogP contribution < -0.4 is 19.7 Å². The number of ether oxygens (including phenoxy) is 2. The van der Waals surface area contributed by atoms with E-state index >= 15 is 0 Å². The van der Waals surface area contributed by atoms with Gasteiger partial charge in [-0.15, -0.1) is 0 Å². The predicted octanol–water partition coefficient (Wildman–Crippen LogP) is 5.43. The van der Waals surface area contributed by atoms with Crippen molar-refractivity contribution in [2.45, 2.75) is 38.6 Å². The fourth-order valence-corrected chi connectivity index (χ4v) is 4.74. The molecule has 7 nitrogen and oxygen atoms in total. The number of aromatic nitrogens is 1. The second-order valence-electron chi connectivity index (χ2n) is 8.87. The minimum Gasteiger partial charge on any atom is -0.493 e. The molecule has 0 saturated heterocycles. The van der Waals surface area contributed by atoms with Gasteiger partial charge < -0.3 is 24.8 Å². The predicted molar refractivity (Wildman–Crippen MR) is 132 cm³/mol. The first-order valence-corrected chi connectivity index (χ1v) is 11.7. The van der Waals surface area contributed by atoms with Crippen molar-refractivity contribution in [3.05, 3.63) is 71.5 Å². The molecular formula is C27H29N3O4. The average molecular weight is 460 g/mol. The Hall–Kier alpha value is -3.74. The molecule has 2 aromatic carbocycles. The number of carboxylic acids is 1. The Labute approximate surface area is 199 Å². The van der Waals surface area contributed by atoms with Crippen molar-refractivity contribution in [3.63, 3.8) is 0 Å². The van der Waals surface area contributed by atoms with Gasteiger partial charge in [0.25, 0.3) is 0 Å². The molecule has 2 aliphatic rings. The van der Waals surface area contributed by atoms with Crippen LogP contribution in [0.1, 0.15) is 48.5 Å². The number of nitrogens with one attached hydrogen (secondary N) is 1. The van der Waals surface area contributed by atoms with Gasteiger partial charge in [-0.25, -0.2) is 0 Å². The molecule has 2 N–H and O–H groups in total. The van der Waals surface area contributed by atoms with Crippen molar-refractivity contribution in [1.82, 2.24) is 4.98 Å². The van der Waals surface area contributed by atoms with Crippen LogP contribution in [0.5, 0.6) is 11.5 Å². The topological polar surface area (TPSA) is 83.9 Å². The number of pyridine rings is 1. The molecule has 34 heavy (non-hydrogen) atoms. The fourth-order valence-electron chi connectivity index (χ4n) is 4.74. The summed E-state index contributed by atoms with van der Waals surface area (Å²) in [4.78, 5) is 17.9. The monoisotopic (exact) mass is 459 g/mol. The summed E-state index contributed by atoms with van der Waals surface area (Å²) in [6.45, 7) is 5.95. The molecule has 1 aromatic heterocycles. The standard InChI is InChI=1S/C27H29N3O4/c1-3-11-30(20-9-7-17(2)28-14-20)24-6-4-5-22-23(16-34-27(22)24)29-19-8-10-21-18(12-26(31)32)15-33-25(21)13-19/h4-10,13-14,18,23,29H,3,11-12,15-16H2,1-2H3,(H,31,32)/t18-,23-/m1/s1. The van der Waals surface area contributed by atoms with Crippen LogP contribution in [0.3, 0.4) is 0 Å². The second-order valence-corrected chi connectivity index (χ2v) is 8.87. The van der Waals surface area contributed by atoms with Crippen LogP contribution in [0.15, 0.2) is 54.7 Å². The number of hydrogen-bond donors (Lipinski definition) is 2. The van der Waals surface area contributed by atoms with Gasteiger partial charge in [-0.2, -0.15) is 0 Å². The number of benzene rings is 2. The first kappa shape index (κ1) is 22.1. The van der Waals surface area contributed by atoms with E-state index in [0.29, 0.717) is 13.2 Å². The number of nitrogens with zero attached hydrogens (tertiary/aromatic N) is 2. The van der Waals surface area contributed by atoms with Gasteiger partial charge in [0.05, 0.1) is 36.6 Å². The van der Waals surface area contributed by atoms with Gasteiger partial charge in [-0.05, 0) is 37.6 Å². The molecule has 0 fully saturated rings. The summed E-state index contributed by atoms with van der Waals surface area (Å²) in [5.41, 5.74) is 6.08. The van der Waals surface area contributed by atoms with E-state index in [1.807, 2.05) is 37.4 Å². The molecule has 176 valence electrons. The zero-order valence-corrected chi connectivity index (χ0v) is 19.5. The highest BCUT2D eigenvalue weighted by molar-refractivity contribution is 5.73. The first-order chi connectivity index (χ1) is 16.5. The van der Waals surface area contributed by atoms with Gasteiger partial charge in [0.2, 0.25) is 0 Å². The number of carbonyl (C=O) groups is 1. The molecule has 5 rings (SSSR count). The summed E-state index contributed by atoms with van der Waals surface area (Å²) in [7, 11) is 0. The molecular weight excluding hydrogens is 430 g/mol. The molecule has 0 amide bonds. The molecule has 3 aromatic rings.